The molecule has 0 aromatic carbocycles. The van der Waals surface area contributed by atoms with Gasteiger partial charge in [0.15, 0.2) is 0 Å². The number of allylic oxidation sites excluding steroid dienone is 1. The van der Waals surface area contributed by atoms with Crippen LogP contribution in [-0.4, -0.2) is 6.17 Å². The first-order valence-electron chi connectivity index (χ1n) is 3.87. The van der Waals surface area contributed by atoms with Crippen LogP contribution in [0.1, 0.15) is 33.6 Å². The predicted molar refractivity (Wildman–Crippen MR) is 43.8 cm³/mol. The van der Waals surface area contributed by atoms with E-state index in [0.717, 1.165) is 6.42 Å². The molecule has 0 aromatic rings. The number of halogens is 1. The van der Waals surface area contributed by atoms with E-state index in [4.69, 9.17) is 0 Å². The van der Waals surface area contributed by atoms with Gasteiger partial charge in [-0.1, -0.05) is 26.8 Å². The van der Waals surface area contributed by atoms with Crippen molar-refractivity contribution in [3.8, 4) is 0 Å². The van der Waals surface area contributed by atoms with Crippen molar-refractivity contribution < 1.29 is 4.39 Å². The van der Waals surface area contributed by atoms with Gasteiger partial charge in [-0.15, -0.1) is 0 Å². The summed E-state index contributed by atoms with van der Waals surface area (Å²) in [6, 6.07) is 0. The third kappa shape index (κ3) is 3.65. The van der Waals surface area contributed by atoms with Gasteiger partial charge in [0.2, 0.25) is 0 Å². The summed E-state index contributed by atoms with van der Waals surface area (Å²) < 4.78 is 12.9. The van der Waals surface area contributed by atoms with Crippen LogP contribution in [0.25, 0.3) is 0 Å². The second kappa shape index (κ2) is 4.48. The van der Waals surface area contributed by atoms with E-state index in [0.29, 0.717) is 17.9 Å². The summed E-state index contributed by atoms with van der Waals surface area (Å²) in [5.74, 6) is 0.478. The van der Waals surface area contributed by atoms with E-state index in [1.165, 1.54) is 0 Å². The maximum Gasteiger partial charge on any atom is 0.121 e. The fourth-order valence-electron chi connectivity index (χ4n) is 0.721. The molecule has 0 nitrogen and oxygen atoms in total. The van der Waals surface area contributed by atoms with Gasteiger partial charge in [-0.3, -0.25) is 0 Å². The monoisotopic (exact) mass is 144 g/mol. The summed E-state index contributed by atoms with van der Waals surface area (Å²) in [6.45, 7) is 9.45. The van der Waals surface area contributed by atoms with Gasteiger partial charge in [-0.05, 0) is 24.8 Å². The van der Waals surface area contributed by atoms with Crippen LogP contribution in [0.4, 0.5) is 4.39 Å². The highest BCUT2D eigenvalue weighted by Crippen LogP contribution is 2.16. The largest absolute Gasteiger partial charge is 0.243 e. The Kier molecular flexibility index (Phi) is 4.33. The second-order valence-electron chi connectivity index (χ2n) is 3.06. The zero-order chi connectivity index (χ0) is 8.15. The van der Waals surface area contributed by atoms with Gasteiger partial charge < -0.3 is 0 Å². The topological polar surface area (TPSA) is 0 Å². The van der Waals surface area contributed by atoms with Crippen molar-refractivity contribution in [1.82, 2.24) is 0 Å². The fourth-order valence-corrected chi connectivity index (χ4v) is 0.721. The van der Waals surface area contributed by atoms with E-state index in [1.54, 1.807) is 6.92 Å². The molecule has 0 bridgehead atoms. The van der Waals surface area contributed by atoms with Crippen molar-refractivity contribution in [1.29, 1.82) is 0 Å². The molecule has 0 fully saturated rings. The molecule has 0 rings (SSSR count). The molecular weight excluding hydrogens is 127 g/mol. The van der Waals surface area contributed by atoms with E-state index >= 15 is 0 Å². The van der Waals surface area contributed by atoms with Gasteiger partial charge in [0.1, 0.15) is 6.17 Å². The summed E-state index contributed by atoms with van der Waals surface area (Å²) in [7, 11) is 0. The molecule has 0 aliphatic rings. The molecule has 0 aliphatic carbocycles. The minimum absolute atomic E-state index is 0.478. The van der Waals surface area contributed by atoms with Gasteiger partial charge in [0, 0.05) is 0 Å². The van der Waals surface area contributed by atoms with Crippen molar-refractivity contribution in [2.75, 3.05) is 0 Å². The van der Waals surface area contributed by atoms with Gasteiger partial charge in [0.05, 0.1) is 0 Å². The first-order valence-corrected chi connectivity index (χ1v) is 3.87. The molecule has 60 valence electrons. The smallest absolute Gasteiger partial charge is 0.121 e. The summed E-state index contributed by atoms with van der Waals surface area (Å²) >= 11 is 0. The van der Waals surface area contributed by atoms with Crippen molar-refractivity contribution in [3.05, 3.63) is 12.2 Å². The first kappa shape index (κ1) is 9.67. The summed E-state index contributed by atoms with van der Waals surface area (Å²) in [4.78, 5) is 0. The van der Waals surface area contributed by atoms with Crippen LogP contribution in [0.15, 0.2) is 12.2 Å². The minimum atomic E-state index is -0.796. The average Bonchev–Trinajstić information content (AvgIpc) is 1.87. The lowest BCUT2D eigenvalue weighted by Crippen LogP contribution is -2.06. The summed E-state index contributed by atoms with van der Waals surface area (Å²) in [6.07, 6.45) is 0.884. The van der Waals surface area contributed by atoms with Crippen molar-refractivity contribution >= 4 is 0 Å². The zero-order valence-corrected chi connectivity index (χ0v) is 7.15. The second-order valence-corrected chi connectivity index (χ2v) is 3.06. The molecule has 0 radical (unpaired) electrons. The molecule has 0 N–H and O–H groups in total. The summed E-state index contributed by atoms with van der Waals surface area (Å²) in [5, 5.41) is 0. The minimum Gasteiger partial charge on any atom is -0.243 e. The molecule has 2 unspecified atom stereocenters. The van der Waals surface area contributed by atoms with Gasteiger partial charge in [0.25, 0.3) is 0 Å². The fraction of sp³-hybridized carbons (Fsp3) is 0.778. The number of hydrogen-bond donors (Lipinski definition) is 0. The molecule has 0 amide bonds. The zero-order valence-electron chi connectivity index (χ0n) is 7.15. The Morgan fingerprint density at radius 3 is 2.40 bits per heavy atom. The Labute approximate surface area is 63.1 Å². The Morgan fingerprint density at radius 1 is 1.60 bits per heavy atom. The van der Waals surface area contributed by atoms with E-state index in [9.17, 15) is 4.39 Å². The SMILES string of the molecule is C=C(C)C(F)CC(C)CC. The standard InChI is InChI=1S/C9H17F/c1-5-8(4)6-9(10)7(2)3/h8-9H,2,5-6H2,1,3-4H3. The maximum absolute atomic E-state index is 12.9. The Bertz CT molecular complexity index is 107. The third-order valence-electron chi connectivity index (χ3n) is 1.84. The molecular formula is C9H17F. The van der Waals surface area contributed by atoms with Crippen LogP contribution >= 0.6 is 0 Å². The molecule has 0 spiro atoms. The van der Waals surface area contributed by atoms with E-state index in [-0.39, 0.29) is 0 Å². The molecule has 0 aromatic heterocycles. The van der Waals surface area contributed by atoms with Gasteiger partial charge in [-0.25, -0.2) is 4.39 Å². The van der Waals surface area contributed by atoms with Crippen LogP contribution < -0.4 is 0 Å². The number of alkyl halides is 1. The van der Waals surface area contributed by atoms with Crippen LogP contribution in [0.2, 0.25) is 0 Å². The van der Waals surface area contributed by atoms with Crippen LogP contribution in [0, 0.1) is 5.92 Å². The Balaban J connectivity index is 3.56. The average molecular weight is 144 g/mol. The molecule has 2 atom stereocenters. The number of rotatable bonds is 4. The highest BCUT2D eigenvalue weighted by Gasteiger charge is 2.10. The van der Waals surface area contributed by atoms with Gasteiger partial charge in [-0.2, -0.15) is 0 Å². The maximum atomic E-state index is 12.9. The molecule has 0 aliphatic heterocycles. The van der Waals surface area contributed by atoms with Crippen LogP contribution in [0.5, 0.6) is 0 Å². The molecule has 0 saturated carbocycles. The van der Waals surface area contributed by atoms with E-state index in [2.05, 4.69) is 20.4 Å². The Hall–Kier alpha value is -0.330. The quantitative estimate of drug-likeness (QED) is 0.531. The highest BCUT2D eigenvalue weighted by molar-refractivity contribution is 4.97. The lowest BCUT2D eigenvalue weighted by atomic mass is 9.99. The van der Waals surface area contributed by atoms with Crippen LogP contribution in [0.3, 0.4) is 0 Å². The van der Waals surface area contributed by atoms with E-state index in [1.807, 2.05) is 0 Å². The van der Waals surface area contributed by atoms with Crippen molar-refractivity contribution in [2.45, 2.75) is 39.8 Å². The van der Waals surface area contributed by atoms with Crippen LogP contribution in [-0.2, 0) is 0 Å². The lowest BCUT2D eigenvalue weighted by Gasteiger charge is -2.11. The molecule has 0 heterocycles. The van der Waals surface area contributed by atoms with Gasteiger partial charge >= 0.3 is 0 Å². The Morgan fingerprint density at radius 2 is 2.10 bits per heavy atom. The van der Waals surface area contributed by atoms with Crippen molar-refractivity contribution in [2.24, 2.45) is 5.92 Å². The predicted octanol–water partition coefficient (Wildman–Crippen LogP) is 3.34. The normalized spacial score (nSPS) is 16.4. The van der Waals surface area contributed by atoms with E-state index < -0.39 is 6.17 Å². The highest BCUT2D eigenvalue weighted by atomic mass is 19.1. The summed E-state index contributed by atoms with van der Waals surface area (Å²) in [5.41, 5.74) is 0.653. The third-order valence-corrected chi connectivity index (χ3v) is 1.84. The molecule has 0 saturated heterocycles. The lowest BCUT2D eigenvalue weighted by molar-refractivity contribution is 0.311. The van der Waals surface area contributed by atoms with Crippen molar-refractivity contribution in [3.63, 3.8) is 0 Å². The molecule has 10 heavy (non-hydrogen) atoms. The number of hydrogen-bond acceptors (Lipinski definition) is 0. The molecule has 1 heteroatoms. The first-order chi connectivity index (χ1) is 4.57.